The van der Waals surface area contributed by atoms with Crippen molar-refractivity contribution >= 4 is 5.91 Å². The standard InChI is InChI=1S/C19H18N2O4/c1-13-5-2-3-6-16(13)25-12-10-20-18(22)14-8-9-15(21-19(14)23)17-7-4-11-24-17/h2-9,11H,10,12H2,1H3,(H,20,22)(H,21,23). The highest BCUT2D eigenvalue weighted by Gasteiger charge is 2.12. The zero-order valence-electron chi connectivity index (χ0n) is 13.7. The van der Waals surface area contributed by atoms with Gasteiger partial charge in [0.1, 0.15) is 23.7 Å². The molecule has 3 rings (SSSR count). The van der Waals surface area contributed by atoms with E-state index in [1.54, 1.807) is 18.2 Å². The van der Waals surface area contributed by atoms with Crippen LogP contribution < -0.4 is 15.6 Å². The third-order valence-corrected chi connectivity index (χ3v) is 3.68. The number of hydrogen-bond donors (Lipinski definition) is 2. The number of furan rings is 1. The first-order valence-corrected chi connectivity index (χ1v) is 7.89. The van der Waals surface area contributed by atoms with Gasteiger partial charge in [-0.15, -0.1) is 0 Å². The Morgan fingerprint density at radius 3 is 2.72 bits per heavy atom. The molecule has 1 aromatic carbocycles. The molecule has 0 fully saturated rings. The maximum Gasteiger partial charge on any atom is 0.261 e. The molecule has 0 saturated heterocycles. The van der Waals surface area contributed by atoms with Crippen molar-refractivity contribution < 1.29 is 13.9 Å². The number of aromatic amines is 1. The fourth-order valence-corrected chi connectivity index (χ4v) is 2.37. The van der Waals surface area contributed by atoms with Crippen LogP contribution in [0.2, 0.25) is 0 Å². The van der Waals surface area contributed by atoms with Crippen LogP contribution in [0.4, 0.5) is 0 Å². The smallest absolute Gasteiger partial charge is 0.261 e. The average molecular weight is 338 g/mol. The lowest BCUT2D eigenvalue weighted by Crippen LogP contribution is -2.32. The van der Waals surface area contributed by atoms with Crippen molar-refractivity contribution in [3.63, 3.8) is 0 Å². The van der Waals surface area contributed by atoms with Crippen LogP contribution in [0.1, 0.15) is 15.9 Å². The van der Waals surface area contributed by atoms with Crippen LogP contribution >= 0.6 is 0 Å². The van der Waals surface area contributed by atoms with Crippen molar-refractivity contribution in [3.8, 4) is 17.2 Å². The van der Waals surface area contributed by atoms with Gasteiger partial charge >= 0.3 is 0 Å². The van der Waals surface area contributed by atoms with Crippen molar-refractivity contribution in [3.05, 3.63) is 76.3 Å². The molecule has 0 saturated carbocycles. The molecular formula is C19H18N2O4. The first kappa shape index (κ1) is 16.6. The zero-order valence-corrected chi connectivity index (χ0v) is 13.7. The number of carbonyl (C=O) groups excluding carboxylic acids is 1. The fraction of sp³-hybridized carbons (Fsp3) is 0.158. The Hall–Kier alpha value is -3.28. The van der Waals surface area contributed by atoms with Crippen molar-refractivity contribution in [1.29, 1.82) is 0 Å². The molecule has 2 heterocycles. The van der Waals surface area contributed by atoms with E-state index < -0.39 is 11.5 Å². The number of aromatic nitrogens is 1. The molecule has 0 atom stereocenters. The quantitative estimate of drug-likeness (QED) is 0.677. The lowest BCUT2D eigenvalue weighted by molar-refractivity contribution is 0.0945. The number of pyridine rings is 1. The highest BCUT2D eigenvalue weighted by Crippen LogP contribution is 2.16. The SMILES string of the molecule is Cc1ccccc1OCCNC(=O)c1ccc(-c2ccco2)[nH]c1=O. The summed E-state index contributed by atoms with van der Waals surface area (Å²) in [5.41, 5.74) is 1.13. The highest BCUT2D eigenvalue weighted by atomic mass is 16.5. The van der Waals surface area contributed by atoms with Crippen LogP contribution in [0.3, 0.4) is 0 Å². The third-order valence-electron chi connectivity index (χ3n) is 3.68. The number of rotatable bonds is 6. The van der Waals surface area contributed by atoms with Gasteiger partial charge in [0.2, 0.25) is 0 Å². The second kappa shape index (κ2) is 7.53. The summed E-state index contributed by atoms with van der Waals surface area (Å²) < 4.78 is 10.8. The maximum atomic E-state index is 12.1. The van der Waals surface area contributed by atoms with Crippen LogP contribution in [-0.2, 0) is 0 Å². The topological polar surface area (TPSA) is 84.3 Å². The van der Waals surface area contributed by atoms with E-state index in [0.29, 0.717) is 24.6 Å². The molecule has 0 unspecified atom stereocenters. The number of carbonyl (C=O) groups is 1. The van der Waals surface area contributed by atoms with Crippen LogP contribution in [0.25, 0.3) is 11.5 Å². The fourth-order valence-electron chi connectivity index (χ4n) is 2.37. The van der Waals surface area contributed by atoms with Gasteiger partial charge in [-0.25, -0.2) is 0 Å². The Labute approximate surface area is 144 Å². The summed E-state index contributed by atoms with van der Waals surface area (Å²) in [5.74, 6) is 0.869. The van der Waals surface area contributed by atoms with E-state index in [4.69, 9.17) is 9.15 Å². The molecule has 0 bridgehead atoms. The van der Waals surface area contributed by atoms with Gasteiger partial charge in [-0.1, -0.05) is 18.2 Å². The molecule has 6 heteroatoms. The molecule has 0 aliphatic carbocycles. The normalized spacial score (nSPS) is 10.4. The van der Waals surface area contributed by atoms with Gasteiger partial charge in [0.05, 0.1) is 18.5 Å². The number of para-hydroxylation sites is 1. The monoisotopic (exact) mass is 338 g/mol. The van der Waals surface area contributed by atoms with Gasteiger partial charge in [-0.05, 0) is 42.8 Å². The van der Waals surface area contributed by atoms with Gasteiger partial charge < -0.3 is 19.5 Å². The first-order valence-electron chi connectivity index (χ1n) is 7.89. The van der Waals surface area contributed by atoms with Crippen LogP contribution in [-0.4, -0.2) is 24.0 Å². The van der Waals surface area contributed by atoms with E-state index in [1.807, 2.05) is 31.2 Å². The van der Waals surface area contributed by atoms with Gasteiger partial charge in [0.15, 0.2) is 0 Å². The minimum Gasteiger partial charge on any atom is -0.491 e. The van der Waals surface area contributed by atoms with Gasteiger partial charge in [0, 0.05) is 0 Å². The van der Waals surface area contributed by atoms with Crippen molar-refractivity contribution in [2.45, 2.75) is 6.92 Å². The lowest BCUT2D eigenvalue weighted by atomic mass is 10.2. The number of ether oxygens (including phenoxy) is 1. The Kier molecular flexibility index (Phi) is 4.99. The van der Waals surface area contributed by atoms with Crippen molar-refractivity contribution in [1.82, 2.24) is 10.3 Å². The Morgan fingerprint density at radius 1 is 1.16 bits per heavy atom. The van der Waals surface area contributed by atoms with Gasteiger partial charge in [-0.2, -0.15) is 0 Å². The molecule has 25 heavy (non-hydrogen) atoms. The second-order valence-corrected chi connectivity index (χ2v) is 5.46. The number of benzene rings is 1. The number of amides is 1. The van der Waals surface area contributed by atoms with Gasteiger partial charge in [-0.3, -0.25) is 9.59 Å². The maximum absolute atomic E-state index is 12.1. The Balaban J connectivity index is 1.56. The highest BCUT2D eigenvalue weighted by molar-refractivity contribution is 5.94. The summed E-state index contributed by atoms with van der Waals surface area (Å²) >= 11 is 0. The minimum atomic E-state index is -0.466. The molecule has 0 aliphatic rings. The predicted molar refractivity (Wildman–Crippen MR) is 93.8 cm³/mol. The zero-order chi connectivity index (χ0) is 17.6. The second-order valence-electron chi connectivity index (χ2n) is 5.46. The van der Waals surface area contributed by atoms with Crippen molar-refractivity contribution in [2.24, 2.45) is 0 Å². The third kappa shape index (κ3) is 3.98. The molecule has 6 nitrogen and oxygen atoms in total. The number of H-pyrrole nitrogens is 1. The van der Waals surface area contributed by atoms with E-state index >= 15 is 0 Å². The molecular weight excluding hydrogens is 320 g/mol. The Bertz CT molecular complexity index is 913. The summed E-state index contributed by atoms with van der Waals surface area (Å²) in [5, 5.41) is 2.68. The van der Waals surface area contributed by atoms with E-state index in [1.165, 1.54) is 12.3 Å². The predicted octanol–water partition coefficient (Wildman–Crippen LogP) is 2.75. The molecule has 0 radical (unpaired) electrons. The van der Waals surface area contributed by atoms with E-state index in [0.717, 1.165) is 11.3 Å². The van der Waals surface area contributed by atoms with Crippen LogP contribution in [0, 0.1) is 6.92 Å². The molecule has 128 valence electrons. The minimum absolute atomic E-state index is 0.0474. The summed E-state index contributed by atoms with van der Waals surface area (Å²) in [4.78, 5) is 26.9. The molecule has 0 aliphatic heterocycles. The molecule has 2 aromatic heterocycles. The molecule has 3 aromatic rings. The average Bonchev–Trinajstić information content (AvgIpc) is 3.14. The van der Waals surface area contributed by atoms with Crippen LogP contribution in [0.15, 0.2) is 64.0 Å². The largest absolute Gasteiger partial charge is 0.491 e. The summed E-state index contributed by atoms with van der Waals surface area (Å²) in [6, 6.07) is 14.2. The molecule has 0 spiro atoms. The van der Waals surface area contributed by atoms with Crippen LogP contribution in [0.5, 0.6) is 5.75 Å². The van der Waals surface area contributed by atoms with Crippen molar-refractivity contribution in [2.75, 3.05) is 13.2 Å². The van der Waals surface area contributed by atoms with E-state index in [-0.39, 0.29) is 5.56 Å². The molecule has 1 amide bonds. The molecule has 2 N–H and O–H groups in total. The van der Waals surface area contributed by atoms with E-state index in [2.05, 4.69) is 10.3 Å². The van der Waals surface area contributed by atoms with E-state index in [9.17, 15) is 9.59 Å². The lowest BCUT2D eigenvalue weighted by Gasteiger charge is -2.09. The Morgan fingerprint density at radius 2 is 2.00 bits per heavy atom. The summed E-state index contributed by atoms with van der Waals surface area (Å²) in [6.07, 6.45) is 1.52. The summed E-state index contributed by atoms with van der Waals surface area (Å²) in [6.45, 7) is 2.57. The van der Waals surface area contributed by atoms with Gasteiger partial charge in [0.25, 0.3) is 11.5 Å². The number of aryl methyl sites for hydroxylation is 1. The summed E-state index contributed by atoms with van der Waals surface area (Å²) in [7, 11) is 0. The number of nitrogens with one attached hydrogen (secondary N) is 2. The number of hydrogen-bond acceptors (Lipinski definition) is 4. The first-order chi connectivity index (χ1) is 12.1.